The van der Waals surface area contributed by atoms with E-state index in [1.807, 2.05) is 0 Å². The molecule has 82 valence electrons. The summed E-state index contributed by atoms with van der Waals surface area (Å²) in [6.07, 6.45) is -2.72. The molecule has 0 heterocycles. The van der Waals surface area contributed by atoms with Crippen LogP contribution in [0.2, 0.25) is 0 Å². The van der Waals surface area contributed by atoms with Crippen LogP contribution in [-0.2, 0) is 6.18 Å². The molecule has 0 saturated heterocycles. The van der Waals surface area contributed by atoms with E-state index < -0.39 is 11.7 Å². The molecule has 15 heavy (non-hydrogen) atoms. The Morgan fingerprint density at radius 2 is 1.93 bits per heavy atom. The lowest BCUT2D eigenvalue weighted by Crippen LogP contribution is -2.09. The van der Waals surface area contributed by atoms with E-state index in [-0.39, 0.29) is 11.9 Å². The van der Waals surface area contributed by atoms with Gasteiger partial charge in [0.1, 0.15) is 5.75 Å². The number of benzene rings is 1. The Bertz CT molecular complexity index is 371. The predicted octanol–water partition coefficient (Wildman–Crippen LogP) is 4.01. The average Bonchev–Trinajstić information content (AvgIpc) is 2.85. The third-order valence-corrected chi connectivity index (χ3v) is 2.56. The van der Waals surface area contributed by atoms with Crippen LogP contribution in [-0.4, -0.2) is 6.10 Å². The van der Waals surface area contributed by atoms with Crippen molar-refractivity contribution in [2.75, 3.05) is 0 Å². The first-order valence-electron chi connectivity index (χ1n) is 4.50. The van der Waals surface area contributed by atoms with Gasteiger partial charge in [-0.2, -0.15) is 13.2 Å². The van der Waals surface area contributed by atoms with Gasteiger partial charge in [0.15, 0.2) is 0 Å². The minimum Gasteiger partial charge on any atom is -0.490 e. The third-order valence-electron chi connectivity index (χ3n) is 2.07. The number of hydrogen-bond donors (Lipinski definition) is 0. The Hall–Kier alpha value is -0.710. The minimum atomic E-state index is -4.36. The second kappa shape index (κ2) is 3.70. The maximum Gasteiger partial charge on any atom is 0.419 e. The molecule has 0 amide bonds. The van der Waals surface area contributed by atoms with Crippen LogP contribution in [0.1, 0.15) is 18.4 Å². The summed E-state index contributed by atoms with van der Waals surface area (Å²) in [7, 11) is 0. The third kappa shape index (κ3) is 2.65. The summed E-state index contributed by atoms with van der Waals surface area (Å²) >= 11 is 3.13. The second-order valence-corrected chi connectivity index (χ2v) is 4.37. The van der Waals surface area contributed by atoms with E-state index in [9.17, 15) is 13.2 Å². The number of halogens is 4. The molecule has 1 saturated carbocycles. The number of rotatable bonds is 2. The molecule has 1 fully saturated rings. The van der Waals surface area contributed by atoms with Crippen molar-refractivity contribution in [1.82, 2.24) is 0 Å². The van der Waals surface area contributed by atoms with E-state index in [1.165, 1.54) is 12.1 Å². The highest BCUT2D eigenvalue weighted by Crippen LogP contribution is 2.39. The molecule has 0 N–H and O–H groups in total. The Balaban J connectivity index is 2.34. The fraction of sp³-hybridized carbons (Fsp3) is 0.400. The molecule has 5 heteroatoms. The van der Waals surface area contributed by atoms with Gasteiger partial charge in [0, 0.05) is 4.47 Å². The largest absolute Gasteiger partial charge is 0.490 e. The summed E-state index contributed by atoms with van der Waals surface area (Å²) in [5.41, 5.74) is -0.711. The Kier molecular flexibility index (Phi) is 2.66. The SMILES string of the molecule is FC(F)(F)c1ccc(Br)cc1OC1CC1. The van der Waals surface area contributed by atoms with Gasteiger partial charge in [0.25, 0.3) is 0 Å². The molecule has 0 unspecified atom stereocenters. The van der Waals surface area contributed by atoms with E-state index in [0.29, 0.717) is 4.47 Å². The summed E-state index contributed by atoms with van der Waals surface area (Å²) in [4.78, 5) is 0. The Labute approximate surface area is 93.4 Å². The highest BCUT2D eigenvalue weighted by Gasteiger charge is 2.36. The smallest absolute Gasteiger partial charge is 0.419 e. The molecular weight excluding hydrogens is 273 g/mol. The summed E-state index contributed by atoms with van der Waals surface area (Å²) < 4.78 is 43.5. The van der Waals surface area contributed by atoms with Crippen molar-refractivity contribution in [2.45, 2.75) is 25.1 Å². The zero-order valence-corrected chi connectivity index (χ0v) is 9.23. The van der Waals surface area contributed by atoms with E-state index in [2.05, 4.69) is 15.9 Å². The first-order chi connectivity index (χ1) is 6.97. The highest BCUT2D eigenvalue weighted by molar-refractivity contribution is 9.10. The summed E-state index contributed by atoms with van der Waals surface area (Å²) in [6, 6.07) is 3.76. The zero-order valence-electron chi connectivity index (χ0n) is 7.64. The van der Waals surface area contributed by atoms with E-state index in [4.69, 9.17) is 4.74 Å². The highest BCUT2D eigenvalue weighted by atomic mass is 79.9. The quantitative estimate of drug-likeness (QED) is 0.795. The molecule has 0 aromatic heterocycles. The average molecular weight is 281 g/mol. The standard InChI is InChI=1S/C10H8BrF3O/c11-6-1-4-8(10(12,13)14)9(5-6)15-7-2-3-7/h1,4-5,7H,2-3H2. The van der Waals surface area contributed by atoms with Crippen LogP contribution < -0.4 is 4.74 Å². The molecule has 0 bridgehead atoms. The topological polar surface area (TPSA) is 9.23 Å². The molecule has 1 aromatic rings. The summed E-state index contributed by atoms with van der Waals surface area (Å²) in [5, 5.41) is 0. The Morgan fingerprint density at radius 1 is 1.27 bits per heavy atom. The second-order valence-electron chi connectivity index (χ2n) is 3.46. The van der Waals surface area contributed by atoms with Crippen molar-refractivity contribution >= 4 is 15.9 Å². The monoisotopic (exact) mass is 280 g/mol. The Morgan fingerprint density at radius 3 is 2.47 bits per heavy atom. The molecule has 1 aliphatic carbocycles. The van der Waals surface area contributed by atoms with Crippen molar-refractivity contribution < 1.29 is 17.9 Å². The number of alkyl halides is 3. The molecule has 0 radical (unpaired) electrons. The molecule has 0 aliphatic heterocycles. The first kappa shape index (κ1) is 10.8. The van der Waals surface area contributed by atoms with Gasteiger partial charge in [0.2, 0.25) is 0 Å². The maximum absolute atomic E-state index is 12.6. The minimum absolute atomic E-state index is 0.0413. The van der Waals surface area contributed by atoms with Gasteiger partial charge in [-0.05, 0) is 31.0 Å². The molecule has 1 nitrogen and oxygen atoms in total. The van der Waals surface area contributed by atoms with E-state index >= 15 is 0 Å². The van der Waals surface area contributed by atoms with Gasteiger partial charge in [-0.25, -0.2) is 0 Å². The van der Waals surface area contributed by atoms with Crippen LogP contribution in [0.15, 0.2) is 22.7 Å². The molecule has 0 spiro atoms. The van der Waals surface area contributed by atoms with E-state index in [0.717, 1.165) is 18.9 Å². The van der Waals surface area contributed by atoms with Crippen LogP contribution in [0, 0.1) is 0 Å². The van der Waals surface area contributed by atoms with Gasteiger partial charge in [0.05, 0.1) is 11.7 Å². The summed E-state index contributed by atoms with van der Waals surface area (Å²) in [6.45, 7) is 0. The normalized spacial score (nSPS) is 16.5. The predicted molar refractivity (Wildman–Crippen MR) is 52.8 cm³/mol. The maximum atomic E-state index is 12.6. The van der Waals surface area contributed by atoms with Crippen molar-refractivity contribution in [3.8, 4) is 5.75 Å². The lowest BCUT2D eigenvalue weighted by Gasteiger charge is -2.13. The van der Waals surface area contributed by atoms with Crippen LogP contribution in [0.3, 0.4) is 0 Å². The fourth-order valence-electron chi connectivity index (χ4n) is 1.19. The lowest BCUT2D eigenvalue weighted by molar-refractivity contribution is -0.139. The van der Waals surface area contributed by atoms with Gasteiger partial charge >= 0.3 is 6.18 Å². The van der Waals surface area contributed by atoms with Crippen molar-refractivity contribution in [3.63, 3.8) is 0 Å². The summed E-state index contributed by atoms with van der Waals surface area (Å²) in [5.74, 6) is -0.0839. The van der Waals surface area contributed by atoms with Gasteiger partial charge < -0.3 is 4.74 Å². The number of hydrogen-bond acceptors (Lipinski definition) is 1. The van der Waals surface area contributed by atoms with Crippen LogP contribution in [0.25, 0.3) is 0 Å². The van der Waals surface area contributed by atoms with Gasteiger partial charge in [-0.15, -0.1) is 0 Å². The number of ether oxygens (including phenoxy) is 1. The fourth-order valence-corrected chi connectivity index (χ4v) is 1.53. The van der Waals surface area contributed by atoms with Gasteiger partial charge in [-0.1, -0.05) is 15.9 Å². The van der Waals surface area contributed by atoms with Crippen molar-refractivity contribution in [2.24, 2.45) is 0 Å². The molecular formula is C10H8BrF3O. The molecule has 1 aliphatic rings. The zero-order chi connectivity index (χ0) is 11.1. The van der Waals surface area contributed by atoms with Crippen molar-refractivity contribution in [3.05, 3.63) is 28.2 Å². The molecule has 0 atom stereocenters. The van der Waals surface area contributed by atoms with Crippen LogP contribution in [0.5, 0.6) is 5.75 Å². The molecule has 2 rings (SSSR count). The van der Waals surface area contributed by atoms with E-state index in [1.54, 1.807) is 0 Å². The van der Waals surface area contributed by atoms with Crippen LogP contribution >= 0.6 is 15.9 Å². The van der Waals surface area contributed by atoms with Gasteiger partial charge in [-0.3, -0.25) is 0 Å². The first-order valence-corrected chi connectivity index (χ1v) is 5.29. The van der Waals surface area contributed by atoms with Crippen LogP contribution in [0.4, 0.5) is 13.2 Å². The van der Waals surface area contributed by atoms with Crippen molar-refractivity contribution in [1.29, 1.82) is 0 Å². The lowest BCUT2D eigenvalue weighted by atomic mass is 10.2. The molecule has 1 aromatic carbocycles.